The van der Waals surface area contributed by atoms with Crippen LogP contribution in [0.15, 0.2) is 6.07 Å². The predicted octanol–water partition coefficient (Wildman–Crippen LogP) is 1.57. The molecule has 98 valence electrons. The van der Waals surface area contributed by atoms with Crippen molar-refractivity contribution < 1.29 is 9.90 Å². The molecule has 2 rings (SSSR count). The van der Waals surface area contributed by atoms with Crippen LogP contribution in [-0.2, 0) is 11.2 Å². The number of hydrogen-bond acceptors (Lipinski definition) is 4. The fourth-order valence-corrected chi connectivity index (χ4v) is 2.41. The van der Waals surface area contributed by atoms with Gasteiger partial charge in [-0.25, -0.2) is 9.97 Å². The van der Waals surface area contributed by atoms with E-state index in [1.807, 2.05) is 13.0 Å². The van der Waals surface area contributed by atoms with E-state index in [1.54, 1.807) is 0 Å². The van der Waals surface area contributed by atoms with Crippen molar-refractivity contribution in [1.82, 2.24) is 14.9 Å². The number of likely N-dealkylation sites (tertiary alicyclic amines) is 1. The number of nitrogens with zero attached hydrogens (tertiary/aromatic N) is 3. The van der Waals surface area contributed by atoms with E-state index < -0.39 is 5.97 Å². The molecule has 1 aliphatic rings. The summed E-state index contributed by atoms with van der Waals surface area (Å²) >= 11 is 0. The smallest absolute Gasteiger partial charge is 0.303 e. The lowest BCUT2D eigenvalue weighted by atomic mass is 10.1. The van der Waals surface area contributed by atoms with Crippen molar-refractivity contribution in [2.75, 3.05) is 13.6 Å². The molecule has 2 heterocycles. The van der Waals surface area contributed by atoms with Crippen LogP contribution in [0, 0.1) is 6.92 Å². The lowest BCUT2D eigenvalue weighted by Crippen LogP contribution is -2.20. The number of hydrogen-bond donors (Lipinski definition) is 1. The summed E-state index contributed by atoms with van der Waals surface area (Å²) in [6.45, 7) is 3.01. The predicted molar refractivity (Wildman–Crippen MR) is 67.3 cm³/mol. The number of carboxylic acid groups (broad SMARTS) is 1. The maximum absolute atomic E-state index is 10.6. The highest BCUT2D eigenvalue weighted by Gasteiger charge is 2.25. The minimum atomic E-state index is -0.786. The standard InChI is InChI=1S/C13H19N3O2/c1-9-8-10(5-6-12(17)18)15-13(14-9)11-4-3-7-16(11)2/h8,11H,3-7H2,1-2H3,(H,17,18)/t11-/m1/s1. The van der Waals surface area contributed by atoms with Crippen LogP contribution in [0.25, 0.3) is 0 Å². The molecular weight excluding hydrogens is 230 g/mol. The van der Waals surface area contributed by atoms with Gasteiger partial charge in [-0.15, -0.1) is 0 Å². The summed E-state index contributed by atoms with van der Waals surface area (Å²) in [6, 6.07) is 2.16. The minimum Gasteiger partial charge on any atom is -0.481 e. The molecule has 0 saturated carbocycles. The molecule has 0 spiro atoms. The highest BCUT2D eigenvalue weighted by Crippen LogP contribution is 2.28. The van der Waals surface area contributed by atoms with E-state index in [0.29, 0.717) is 6.42 Å². The Balaban J connectivity index is 2.18. The number of aliphatic carboxylic acids is 1. The molecule has 1 fully saturated rings. The molecule has 5 nitrogen and oxygen atoms in total. The molecule has 0 aromatic carbocycles. The highest BCUT2D eigenvalue weighted by molar-refractivity contribution is 5.66. The largest absolute Gasteiger partial charge is 0.481 e. The molecule has 1 atom stereocenters. The van der Waals surface area contributed by atoms with Gasteiger partial charge in [-0.2, -0.15) is 0 Å². The Kier molecular flexibility index (Phi) is 3.91. The third kappa shape index (κ3) is 3.04. The molecule has 1 aromatic rings. The second-order valence-electron chi connectivity index (χ2n) is 4.89. The van der Waals surface area contributed by atoms with E-state index in [0.717, 1.165) is 30.2 Å². The molecule has 0 aliphatic carbocycles. The van der Waals surface area contributed by atoms with Crippen LogP contribution in [-0.4, -0.2) is 39.5 Å². The Bertz CT molecular complexity index is 448. The van der Waals surface area contributed by atoms with Crippen LogP contribution in [0.3, 0.4) is 0 Å². The van der Waals surface area contributed by atoms with E-state index >= 15 is 0 Å². The Labute approximate surface area is 107 Å². The third-order valence-electron chi connectivity index (χ3n) is 3.34. The average molecular weight is 249 g/mol. The normalized spacial score (nSPS) is 20.2. The maximum atomic E-state index is 10.6. The highest BCUT2D eigenvalue weighted by atomic mass is 16.4. The third-order valence-corrected chi connectivity index (χ3v) is 3.34. The summed E-state index contributed by atoms with van der Waals surface area (Å²) in [5.74, 6) is 0.0567. The summed E-state index contributed by atoms with van der Waals surface area (Å²) in [5.41, 5.74) is 1.75. The van der Waals surface area contributed by atoms with Crippen molar-refractivity contribution in [3.05, 3.63) is 23.3 Å². The summed E-state index contributed by atoms with van der Waals surface area (Å²) in [5, 5.41) is 8.72. The Morgan fingerprint density at radius 3 is 2.94 bits per heavy atom. The molecule has 1 N–H and O–H groups in total. The maximum Gasteiger partial charge on any atom is 0.303 e. The summed E-state index contributed by atoms with van der Waals surface area (Å²) in [7, 11) is 2.08. The van der Waals surface area contributed by atoms with Gasteiger partial charge < -0.3 is 5.11 Å². The van der Waals surface area contributed by atoms with Crippen molar-refractivity contribution in [3.63, 3.8) is 0 Å². The molecule has 1 saturated heterocycles. The first kappa shape index (κ1) is 13.0. The second kappa shape index (κ2) is 5.44. The number of aromatic nitrogens is 2. The number of carboxylic acids is 1. The van der Waals surface area contributed by atoms with Crippen LogP contribution in [0.1, 0.15) is 42.5 Å². The van der Waals surface area contributed by atoms with Gasteiger partial charge in [0, 0.05) is 17.8 Å². The monoisotopic (exact) mass is 249 g/mol. The van der Waals surface area contributed by atoms with Gasteiger partial charge in [-0.3, -0.25) is 9.69 Å². The zero-order chi connectivity index (χ0) is 13.1. The van der Waals surface area contributed by atoms with Crippen molar-refractivity contribution in [1.29, 1.82) is 0 Å². The lowest BCUT2D eigenvalue weighted by Gasteiger charge is -2.18. The van der Waals surface area contributed by atoms with Crippen LogP contribution in [0.2, 0.25) is 0 Å². The van der Waals surface area contributed by atoms with Crippen molar-refractivity contribution in [2.45, 2.75) is 38.6 Å². The Morgan fingerprint density at radius 1 is 1.56 bits per heavy atom. The average Bonchev–Trinajstić information content (AvgIpc) is 2.72. The van der Waals surface area contributed by atoms with Gasteiger partial charge in [0.1, 0.15) is 5.82 Å². The fourth-order valence-electron chi connectivity index (χ4n) is 2.41. The van der Waals surface area contributed by atoms with E-state index in [1.165, 1.54) is 6.42 Å². The van der Waals surface area contributed by atoms with Crippen molar-refractivity contribution in [2.24, 2.45) is 0 Å². The molecule has 1 aromatic heterocycles. The molecule has 1 aliphatic heterocycles. The Morgan fingerprint density at radius 2 is 2.33 bits per heavy atom. The van der Waals surface area contributed by atoms with Gasteiger partial charge in [0.2, 0.25) is 0 Å². The molecule has 0 radical (unpaired) electrons. The van der Waals surface area contributed by atoms with Gasteiger partial charge in [-0.1, -0.05) is 0 Å². The number of rotatable bonds is 4. The Hall–Kier alpha value is -1.49. The fraction of sp³-hybridized carbons (Fsp3) is 0.615. The van der Waals surface area contributed by atoms with Crippen LogP contribution < -0.4 is 0 Å². The van der Waals surface area contributed by atoms with E-state index in [-0.39, 0.29) is 12.5 Å². The van der Waals surface area contributed by atoms with Crippen LogP contribution in [0.5, 0.6) is 0 Å². The molecule has 0 unspecified atom stereocenters. The van der Waals surface area contributed by atoms with Crippen LogP contribution >= 0.6 is 0 Å². The zero-order valence-corrected chi connectivity index (χ0v) is 10.9. The van der Waals surface area contributed by atoms with Gasteiger partial charge in [0.15, 0.2) is 0 Å². The second-order valence-corrected chi connectivity index (χ2v) is 4.89. The van der Waals surface area contributed by atoms with Gasteiger partial charge >= 0.3 is 5.97 Å². The van der Waals surface area contributed by atoms with Gasteiger partial charge in [0.05, 0.1) is 12.5 Å². The molecule has 5 heteroatoms. The lowest BCUT2D eigenvalue weighted by molar-refractivity contribution is -0.136. The number of carbonyl (C=O) groups is 1. The number of aryl methyl sites for hydroxylation is 2. The first-order chi connectivity index (χ1) is 8.56. The first-order valence-corrected chi connectivity index (χ1v) is 6.33. The van der Waals surface area contributed by atoms with Crippen LogP contribution in [0.4, 0.5) is 0 Å². The van der Waals surface area contributed by atoms with Gasteiger partial charge in [-0.05, 0) is 39.4 Å². The quantitative estimate of drug-likeness (QED) is 0.877. The first-order valence-electron chi connectivity index (χ1n) is 6.33. The van der Waals surface area contributed by atoms with E-state index in [9.17, 15) is 4.79 Å². The van der Waals surface area contributed by atoms with Crippen molar-refractivity contribution >= 4 is 5.97 Å². The minimum absolute atomic E-state index is 0.121. The molecular formula is C13H19N3O2. The zero-order valence-electron chi connectivity index (χ0n) is 10.9. The van der Waals surface area contributed by atoms with Crippen molar-refractivity contribution in [3.8, 4) is 0 Å². The molecule has 0 amide bonds. The van der Waals surface area contributed by atoms with E-state index in [4.69, 9.17) is 5.11 Å². The topological polar surface area (TPSA) is 66.3 Å². The molecule has 18 heavy (non-hydrogen) atoms. The summed E-state index contributed by atoms with van der Waals surface area (Å²) < 4.78 is 0. The van der Waals surface area contributed by atoms with E-state index in [2.05, 4.69) is 21.9 Å². The molecule has 0 bridgehead atoms. The SMILES string of the molecule is Cc1cc(CCC(=O)O)nc([C@H]2CCCN2C)n1. The summed E-state index contributed by atoms with van der Waals surface area (Å²) in [4.78, 5) is 21.9. The van der Waals surface area contributed by atoms with Gasteiger partial charge in [0.25, 0.3) is 0 Å². The summed E-state index contributed by atoms with van der Waals surface area (Å²) in [6.07, 6.45) is 2.85.